The molecule has 2 nitrogen and oxygen atoms in total. The molecule has 1 aromatic carbocycles. The standard InChI is InChI=1S/C12H10BrFN2.ClH/c13-9-6-10(14)12(16-7-9)11(15)8-4-2-1-3-5-8;/h1-7,11H,15H2;1H/t11-;/m0./s1. The highest BCUT2D eigenvalue weighted by molar-refractivity contribution is 9.10. The Morgan fingerprint density at radius 3 is 2.47 bits per heavy atom. The molecule has 0 aliphatic rings. The van der Waals surface area contributed by atoms with E-state index in [0.717, 1.165) is 5.56 Å². The van der Waals surface area contributed by atoms with Crippen LogP contribution in [0.15, 0.2) is 47.1 Å². The smallest absolute Gasteiger partial charge is 0.147 e. The van der Waals surface area contributed by atoms with E-state index in [0.29, 0.717) is 4.47 Å². The van der Waals surface area contributed by atoms with Gasteiger partial charge in [0.1, 0.15) is 5.82 Å². The minimum absolute atomic E-state index is 0. The van der Waals surface area contributed by atoms with Gasteiger partial charge in [0.15, 0.2) is 0 Å². The summed E-state index contributed by atoms with van der Waals surface area (Å²) in [7, 11) is 0. The van der Waals surface area contributed by atoms with Crippen molar-refractivity contribution in [3.05, 3.63) is 64.1 Å². The fraction of sp³-hybridized carbons (Fsp3) is 0.0833. The zero-order valence-corrected chi connectivity index (χ0v) is 11.2. The van der Waals surface area contributed by atoms with Gasteiger partial charge in [-0.05, 0) is 27.6 Å². The quantitative estimate of drug-likeness (QED) is 0.921. The molecule has 1 aromatic heterocycles. The Hall–Kier alpha value is -0.970. The Bertz CT molecular complexity index is 493. The summed E-state index contributed by atoms with van der Waals surface area (Å²) in [6, 6.07) is 10.2. The Labute approximate surface area is 114 Å². The lowest BCUT2D eigenvalue weighted by Crippen LogP contribution is -2.15. The second-order valence-corrected chi connectivity index (χ2v) is 4.32. The van der Waals surface area contributed by atoms with Gasteiger partial charge in [-0.3, -0.25) is 4.98 Å². The number of hydrogen-bond donors (Lipinski definition) is 1. The molecule has 0 saturated heterocycles. The van der Waals surface area contributed by atoms with Crippen LogP contribution in [-0.2, 0) is 0 Å². The largest absolute Gasteiger partial charge is 0.319 e. The summed E-state index contributed by atoms with van der Waals surface area (Å²) in [5, 5.41) is 0. The van der Waals surface area contributed by atoms with E-state index in [1.54, 1.807) is 6.20 Å². The lowest BCUT2D eigenvalue weighted by atomic mass is 10.0. The first-order valence-corrected chi connectivity index (χ1v) is 5.59. The van der Waals surface area contributed by atoms with Gasteiger partial charge < -0.3 is 5.73 Å². The highest BCUT2D eigenvalue weighted by atomic mass is 79.9. The molecule has 2 N–H and O–H groups in total. The molecule has 0 saturated carbocycles. The van der Waals surface area contributed by atoms with Gasteiger partial charge in [-0.15, -0.1) is 12.4 Å². The zero-order valence-electron chi connectivity index (χ0n) is 8.81. The second kappa shape index (κ2) is 6.10. The van der Waals surface area contributed by atoms with Crippen LogP contribution in [0.1, 0.15) is 17.3 Å². The molecule has 2 aromatic rings. The van der Waals surface area contributed by atoms with Gasteiger partial charge >= 0.3 is 0 Å². The summed E-state index contributed by atoms with van der Waals surface area (Å²) in [6.07, 6.45) is 1.54. The lowest BCUT2D eigenvalue weighted by molar-refractivity contribution is 0.585. The highest BCUT2D eigenvalue weighted by Gasteiger charge is 2.14. The van der Waals surface area contributed by atoms with E-state index in [1.165, 1.54) is 6.07 Å². The van der Waals surface area contributed by atoms with Crippen LogP contribution in [0.3, 0.4) is 0 Å². The van der Waals surface area contributed by atoms with Crippen LogP contribution in [0.4, 0.5) is 4.39 Å². The Morgan fingerprint density at radius 1 is 1.24 bits per heavy atom. The molecule has 0 aliphatic carbocycles. The van der Waals surface area contributed by atoms with Gasteiger partial charge in [0.2, 0.25) is 0 Å². The lowest BCUT2D eigenvalue weighted by Gasteiger charge is -2.12. The number of hydrogen-bond acceptors (Lipinski definition) is 2. The summed E-state index contributed by atoms with van der Waals surface area (Å²) in [5.74, 6) is -0.397. The van der Waals surface area contributed by atoms with Crippen LogP contribution in [0.2, 0.25) is 0 Å². The predicted octanol–water partition coefficient (Wildman–Crippen LogP) is 3.45. The fourth-order valence-electron chi connectivity index (χ4n) is 1.47. The van der Waals surface area contributed by atoms with Gasteiger partial charge in [-0.2, -0.15) is 0 Å². The van der Waals surface area contributed by atoms with Crippen LogP contribution in [-0.4, -0.2) is 4.98 Å². The molecule has 0 fully saturated rings. The first-order chi connectivity index (χ1) is 7.68. The van der Waals surface area contributed by atoms with Crippen molar-refractivity contribution in [3.8, 4) is 0 Å². The number of halogens is 3. The zero-order chi connectivity index (χ0) is 11.5. The number of pyridine rings is 1. The van der Waals surface area contributed by atoms with E-state index in [9.17, 15) is 4.39 Å². The third-order valence-corrected chi connectivity index (χ3v) is 2.72. The third-order valence-electron chi connectivity index (χ3n) is 2.29. The molecule has 0 unspecified atom stereocenters. The minimum atomic E-state index is -0.533. The van der Waals surface area contributed by atoms with Gasteiger partial charge in [0.25, 0.3) is 0 Å². The molecule has 0 radical (unpaired) electrons. The molecule has 1 heterocycles. The molecule has 5 heteroatoms. The molecule has 1 atom stereocenters. The summed E-state index contributed by atoms with van der Waals surface area (Å²) in [4.78, 5) is 4.01. The van der Waals surface area contributed by atoms with Crippen LogP contribution in [0.5, 0.6) is 0 Å². The number of nitrogens with zero attached hydrogens (tertiary/aromatic N) is 1. The Balaban J connectivity index is 0.00000144. The van der Waals surface area contributed by atoms with E-state index >= 15 is 0 Å². The maximum atomic E-state index is 13.6. The SMILES string of the molecule is Cl.N[C@@H](c1ccccc1)c1ncc(Br)cc1F. The Kier molecular flexibility index (Phi) is 5.05. The number of nitrogens with two attached hydrogens (primary N) is 1. The first kappa shape index (κ1) is 14.1. The number of aromatic nitrogens is 1. The molecule has 0 amide bonds. The van der Waals surface area contributed by atoms with Crippen LogP contribution in [0.25, 0.3) is 0 Å². The van der Waals surface area contributed by atoms with Gasteiger partial charge in [-0.1, -0.05) is 30.3 Å². The predicted molar refractivity (Wildman–Crippen MR) is 71.6 cm³/mol. The van der Waals surface area contributed by atoms with Crippen molar-refractivity contribution in [2.24, 2.45) is 5.73 Å². The van der Waals surface area contributed by atoms with Crippen molar-refractivity contribution in [1.29, 1.82) is 0 Å². The number of rotatable bonds is 2. The Morgan fingerprint density at radius 2 is 1.88 bits per heavy atom. The van der Waals surface area contributed by atoms with Crippen molar-refractivity contribution in [3.63, 3.8) is 0 Å². The summed E-state index contributed by atoms with van der Waals surface area (Å²) in [6.45, 7) is 0. The van der Waals surface area contributed by atoms with Crippen molar-refractivity contribution < 1.29 is 4.39 Å². The maximum absolute atomic E-state index is 13.6. The maximum Gasteiger partial charge on any atom is 0.147 e. The molecular formula is C12H11BrClFN2. The molecule has 0 spiro atoms. The summed E-state index contributed by atoms with van der Waals surface area (Å²) in [5.41, 5.74) is 7.05. The topological polar surface area (TPSA) is 38.9 Å². The van der Waals surface area contributed by atoms with Gasteiger partial charge in [0.05, 0.1) is 11.7 Å². The van der Waals surface area contributed by atoms with Crippen LogP contribution in [0, 0.1) is 5.82 Å². The van der Waals surface area contributed by atoms with Crippen molar-refractivity contribution in [2.75, 3.05) is 0 Å². The molecule has 90 valence electrons. The van der Waals surface area contributed by atoms with Crippen LogP contribution >= 0.6 is 28.3 Å². The van der Waals surface area contributed by atoms with E-state index in [4.69, 9.17) is 5.73 Å². The average molecular weight is 318 g/mol. The summed E-state index contributed by atoms with van der Waals surface area (Å²) >= 11 is 3.16. The average Bonchev–Trinajstić information content (AvgIpc) is 2.29. The molecular weight excluding hydrogens is 307 g/mol. The molecule has 0 bridgehead atoms. The van der Waals surface area contributed by atoms with Crippen molar-refractivity contribution >= 4 is 28.3 Å². The summed E-state index contributed by atoms with van der Waals surface area (Å²) < 4.78 is 14.2. The highest BCUT2D eigenvalue weighted by Crippen LogP contribution is 2.21. The van der Waals surface area contributed by atoms with E-state index < -0.39 is 11.9 Å². The molecule has 2 rings (SSSR count). The minimum Gasteiger partial charge on any atom is -0.319 e. The monoisotopic (exact) mass is 316 g/mol. The first-order valence-electron chi connectivity index (χ1n) is 4.80. The van der Waals surface area contributed by atoms with E-state index in [1.807, 2.05) is 30.3 Å². The van der Waals surface area contributed by atoms with Gasteiger partial charge in [0, 0.05) is 10.7 Å². The third kappa shape index (κ3) is 3.25. The normalized spacial score (nSPS) is 11.7. The van der Waals surface area contributed by atoms with Crippen molar-refractivity contribution in [1.82, 2.24) is 4.98 Å². The fourth-order valence-corrected chi connectivity index (χ4v) is 1.78. The van der Waals surface area contributed by atoms with Gasteiger partial charge in [-0.25, -0.2) is 4.39 Å². The molecule has 17 heavy (non-hydrogen) atoms. The van der Waals surface area contributed by atoms with E-state index in [2.05, 4.69) is 20.9 Å². The molecule has 0 aliphatic heterocycles. The van der Waals surface area contributed by atoms with E-state index in [-0.39, 0.29) is 18.1 Å². The number of benzene rings is 1. The van der Waals surface area contributed by atoms with Crippen LogP contribution < -0.4 is 5.73 Å². The van der Waals surface area contributed by atoms with Crippen molar-refractivity contribution in [2.45, 2.75) is 6.04 Å². The second-order valence-electron chi connectivity index (χ2n) is 3.41.